The molecule has 0 aliphatic heterocycles. The summed E-state index contributed by atoms with van der Waals surface area (Å²) in [6.07, 6.45) is -0.181. The zero-order valence-electron chi connectivity index (χ0n) is 13.5. The molecule has 0 bridgehead atoms. The van der Waals surface area contributed by atoms with Gasteiger partial charge in [-0.2, -0.15) is 5.10 Å². The molecule has 6 nitrogen and oxygen atoms in total. The van der Waals surface area contributed by atoms with Crippen LogP contribution in [0.3, 0.4) is 0 Å². The minimum Gasteiger partial charge on any atom is -0.481 e. The second kappa shape index (κ2) is 7.09. The minimum atomic E-state index is -0.969. The van der Waals surface area contributed by atoms with Crippen molar-refractivity contribution in [2.45, 2.75) is 32.2 Å². The fourth-order valence-electron chi connectivity index (χ4n) is 2.48. The van der Waals surface area contributed by atoms with Crippen molar-refractivity contribution >= 4 is 11.9 Å². The van der Waals surface area contributed by atoms with E-state index in [9.17, 15) is 9.59 Å². The Morgan fingerprint density at radius 1 is 1.26 bits per heavy atom. The summed E-state index contributed by atoms with van der Waals surface area (Å²) >= 11 is 0. The number of amides is 1. The average Bonchev–Trinajstić information content (AvgIpc) is 2.89. The molecular formula is C17H21N3O3. The van der Waals surface area contributed by atoms with Crippen LogP contribution in [0.25, 0.3) is 0 Å². The Bertz CT molecular complexity index is 692. The number of carbonyl (C=O) groups is 2. The summed E-state index contributed by atoms with van der Waals surface area (Å²) in [5, 5.41) is 16.1. The molecule has 0 radical (unpaired) electrons. The van der Waals surface area contributed by atoms with Crippen molar-refractivity contribution in [3.8, 4) is 0 Å². The van der Waals surface area contributed by atoms with E-state index in [2.05, 4.69) is 10.4 Å². The van der Waals surface area contributed by atoms with Crippen molar-refractivity contribution in [3.63, 3.8) is 0 Å². The van der Waals surface area contributed by atoms with Crippen molar-refractivity contribution in [2.24, 2.45) is 7.05 Å². The van der Waals surface area contributed by atoms with E-state index < -0.39 is 12.0 Å². The standard InChI is InChI=1S/C17H21N3O3/c1-11(2)15-9-14(19-20(15)3)17(23)18-13(10-16(21)22)12-7-5-4-6-8-12/h4-9,11,13H,10H2,1-3H3,(H,18,23)(H,21,22). The summed E-state index contributed by atoms with van der Waals surface area (Å²) in [7, 11) is 1.79. The second-order valence-corrected chi connectivity index (χ2v) is 5.77. The Morgan fingerprint density at radius 2 is 1.91 bits per heavy atom. The third kappa shape index (κ3) is 4.18. The van der Waals surface area contributed by atoms with E-state index in [1.807, 2.05) is 32.0 Å². The minimum absolute atomic E-state index is 0.181. The van der Waals surface area contributed by atoms with Crippen LogP contribution in [-0.4, -0.2) is 26.8 Å². The van der Waals surface area contributed by atoms with E-state index in [-0.39, 0.29) is 18.2 Å². The lowest BCUT2D eigenvalue weighted by molar-refractivity contribution is -0.137. The van der Waals surface area contributed by atoms with Crippen molar-refractivity contribution in [2.75, 3.05) is 0 Å². The SMILES string of the molecule is CC(C)c1cc(C(=O)NC(CC(=O)O)c2ccccc2)nn1C. The summed E-state index contributed by atoms with van der Waals surface area (Å²) in [5.41, 5.74) is 2.00. The van der Waals surface area contributed by atoms with Crippen LogP contribution >= 0.6 is 0 Å². The molecule has 1 aromatic heterocycles. The molecule has 1 heterocycles. The maximum atomic E-state index is 12.4. The van der Waals surface area contributed by atoms with Crippen LogP contribution in [0.2, 0.25) is 0 Å². The number of carboxylic acids is 1. The molecule has 23 heavy (non-hydrogen) atoms. The number of nitrogens with zero attached hydrogens (tertiary/aromatic N) is 2. The van der Waals surface area contributed by atoms with Crippen LogP contribution in [0.1, 0.15) is 54.0 Å². The van der Waals surface area contributed by atoms with Crippen molar-refractivity contribution in [3.05, 3.63) is 53.3 Å². The largest absolute Gasteiger partial charge is 0.481 e. The number of hydrogen-bond donors (Lipinski definition) is 2. The molecule has 6 heteroatoms. The third-order valence-corrected chi connectivity index (χ3v) is 3.63. The molecule has 1 amide bonds. The molecule has 122 valence electrons. The molecule has 1 atom stereocenters. The number of benzene rings is 1. The molecule has 0 fully saturated rings. The third-order valence-electron chi connectivity index (χ3n) is 3.63. The quantitative estimate of drug-likeness (QED) is 0.857. The first kappa shape index (κ1) is 16.7. The first-order chi connectivity index (χ1) is 10.9. The molecular weight excluding hydrogens is 294 g/mol. The molecule has 0 spiro atoms. The van der Waals surface area contributed by atoms with Gasteiger partial charge in [0.25, 0.3) is 5.91 Å². The van der Waals surface area contributed by atoms with Gasteiger partial charge in [-0.3, -0.25) is 14.3 Å². The highest BCUT2D eigenvalue weighted by Crippen LogP contribution is 2.19. The van der Waals surface area contributed by atoms with Gasteiger partial charge in [0, 0.05) is 12.7 Å². The van der Waals surface area contributed by atoms with Gasteiger partial charge in [-0.05, 0) is 17.5 Å². The lowest BCUT2D eigenvalue weighted by Gasteiger charge is -2.16. The molecule has 2 aromatic rings. The maximum absolute atomic E-state index is 12.4. The number of carboxylic acid groups (broad SMARTS) is 1. The Balaban J connectivity index is 2.20. The first-order valence-electron chi connectivity index (χ1n) is 7.50. The highest BCUT2D eigenvalue weighted by molar-refractivity contribution is 5.93. The summed E-state index contributed by atoms with van der Waals surface area (Å²) in [5.74, 6) is -1.09. The zero-order chi connectivity index (χ0) is 17.0. The van der Waals surface area contributed by atoms with E-state index in [1.54, 1.807) is 29.9 Å². The van der Waals surface area contributed by atoms with Crippen molar-refractivity contribution in [1.82, 2.24) is 15.1 Å². The van der Waals surface area contributed by atoms with E-state index in [4.69, 9.17) is 5.11 Å². The number of hydrogen-bond acceptors (Lipinski definition) is 3. The van der Waals surface area contributed by atoms with Gasteiger partial charge in [0.1, 0.15) is 5.69 Å². The topological polar surface area (TPSA) is 84.2 Å². The van der Waals surface area contributed by atoms with Gasteiger partial charge in [0.05, 0.1) is 12.5 Å². The average molecular weight is 315 g/mol. The van der Waals surface area contributed by atoms with Crippen LogP contribution in [0.5, 0.6) is 0 Å². The number of aromatic nitrogens is 2. The monoisotopic (exact) mass is 315 g/mol. The Kier molecular flexibility index (Phi) is 5.16. The molecule has 1 aromatic carbocycles. The second-order valence-electron chi connectivity index (χ2n) is 5.77. The van der Waals surface area contributed by atoms with Gasteiger partial charge in [0.2, 0.25) is 0 Å². The first-order valence-corrected chi connectivity index (χ1v) is 7.50. The summed E-state index contributed by atoms with van der Waals surface area (Å²) < 4.78 is 1.67. The number of aryl methyl sites for hydroxylation is 1. The normalized spacial score (nSPS) is 12.2. The van der Waals surface area contributed by atoms with Gasteiger partial charge in [-0.25, -0.2) is 0 Å². The summed E-state index contributed by atoms with van der Waals surface area (Å²) in [6, 6.07) is 10.2. The lowest BCUT2D eigenvalue weighted by Crippen LogP contribution is -2.30. The molecule has 1 unspecified atom stereocenters. The Morgan fingerprint density at radius 3 is 2.43 bits per heavy atom. The fraction of sp³-hybridized carbons (Fsp3) is 0.353. The van der Waals surface area contributed by atoms with Crippen LogP contribution in [0, 0.1) is 0 Å². The predicted molar refractivity (Wildman–Crippen MR) is 86.2 cm³/mol. The van der Waals surface area contributed by atoms with E-state index >= 15 is 0 Å². The van der Waals surface area contributed by atoms with Crippen molar-refractivity contribution < 1.29 is 14.7 Å². The van der Waals surface area contributed by atoms with Crippen molar-refractivity contribution in [1.29, 1.82) is 0 Å². The van der Waals surface area contributed by atoms with Crippen LogP contribution < -0.4 is 5.32 Å². The van der Waals surface area contributed by atoms with E-state index in [0.717, 1.165) is 11.3 Å². The van der Waals surface area contributed by atoms with Crippen LogP contribution in [0.4, 0.5) is 0 Å². The Labute approximate surface area is 135 Å². The van der Waals surface area contributed by atoms with Gasteiger partial charge in [-0.1, -0.05) is 44.2 Å². The van der Waals surface area contributed by atoms with Gasteiger partial charge in [0.15, 0.2) is 0 Å². The number of nitrogens with one attached hydrogen (secondary N) is 1. The molecule has 0 saturated heterocycles. The summed E-state index contributed by atoms with van der Waals surface area (Å²) in [6.45, 7) is 4.05. The van der Waals surface area contributed by atoms with E-state index in [0.29, 0.717) is 5.69 Å². The maximum Gasteiger partial charge on any atom is 0.305 e. The smallest absolute Gasteiger partial charge is 0.305 e. The van der Waals surface area contributed by atoms with Gasteiger partial charge in [-0.15, -0.1) is 0 Å². The van der Waals surface area contributed by atoms with Crippen LogP contribution in [0.15, 0.2) is 36.4 Å². The number of carbonyl (C=O) groups excluding carboxylic acids is 1. The molecule has 2 N–H and O–H groups in total. The van der Waals surface area contributed by atoms with Crippen LogP contribution in [-0.2, 0) is 11.8 Å². The summed E-state index contributed by atoms with van der Waals surface area (Å²) in [4.78, 5) is 23.5. The molecule has 0 aliphatic carbocycles. The molecule has 2 rings (SSSR count). The lowest BCUT2D eigenvalue weighted by atomic mass is 10.0. The predicted octanol–water partition coefficient (Wildman–Crippen LogP) is 2.49. The number of rotatable bonds is 6. The molecule has 0 aliphatic rings. The molecule has 0 saturated carbocycles. The van der Waals surface area contributed by atoms with Gasteiger partial charge < -0.3 is 10.4 Å². The number of aliphatic carboxylic acids is 1. The highest BCUT2D eigenvalue weighted by Gasteiger charge is 2.21. The van der Waals surface area contributed by atoms with E-state index in [1.165, 1.54) is 0 Å². The Hall–Kier alpha value is -2.63. The highest BCUT2D eigenvalue weighted by atomic mass is 16.4. The zero-order valence-corrected chi connectivity index (χ0v) is 13.5. The van der Waals surface area contributed by atoms with Gasteiger partial charge >= 0.3 is 5.97 Å². The fourth-order valence-corrected chi connectivity index (χ4v) is 2.48.